The fraction of sp³-hybridized carbons (Fsp3) is 0.562. The summed E-state index contributed by atoms with van der Waals surface area (Å²) in [5, 5.41) is 10.5. The number of imidazole rings is 1. The molecule has 7 heteroatoms. The summed E-state index contributed by atoms with van der Waals surface area (Å²) >= 11 is 0. The molecule has 0 spiro atoms. The second kappa shape index (κ2) is 6.85. The van der Waals surface area contributed by atoms with Crippen molar-refractivity contribution in [3.8, 4) is 0 Å². The van der Waals surface area contributed by atoms with Gasteiger partial charge in [0, 0.05) is 50.3 Å². The fourth-order valence-corrected chi connectivity index (χ4v) is 3.16. The maximum absolute atomic E-state index is 4.46. The molecule has 0 radical (unpaired) electrons. The van der Waals surface area contributed by atoms with Crippen molar-refractivity contribution in [3.63, 3.8) is 0 Å². The molecule has 1 aliphatic heterocycles. The van der Waals surface area contributed by atoms with Gasteiger partial charge in [-0.1, -0.05) is 6.92 Å². The third-order valence-corrected chi connectivity index (χ3v) is 4.71. The van der Waals surface area contributed by atoms with E-state index < -0.39 is 0 Å². The number of hydrogen-bond donors (Lipinski definition) is 2. The van der Waals surface area contributed by atoms with Gasteiger partial charge in [-0.05, 0) is 19.3 Å². The van der Waals surface area contributed by atoms with Crippen LogP contribution in [0.3, 0.4) is 0 Å². The number of rotatable bonds is 3. The average molecular weight is 315 g/mol. The van der Waals surface area contributed by atoms with Crippen LogP contribution in [0.1, 0.15) is 30.6 Å². The number of aryl methyl sites for hydroxylation is 1. The highest BCUT2D eigenvalue weighted by molar-refractivity contribution is 5.80. The largest absolute Gasteiger partial charge is 0.352 e. The van der Waals surface area contributed by atoms with Crippen molar-refractivity contribution in [1.82, 2.24) is 30.0 Å². The maximum Gasteiger partial charge on any atom is 0.193 e. The standard InChI is InChI=1S/C16H25N7/c1-12-4-6-22(10-15(12)23-7-5-18-11-23)16(17-3)19-8-14-9-20-21-13(14)2/h5,7,9,11-12,15H,4,6,8,10H2,1-3H3,(H,17,19)(H,20,21). The number of likely N-dealkylation sites (tertiary alicyclic amines) is 1. The minimum Gasteiger partial charge on any atom is -0.352 e. The van der Waals surface area contributed by atoms with Crippen LogP contribution >= 0.6 is 0 Å². The maximum atomic E-state index is 4.46. The molecule has 2 aromatic rings. The predicted octanol–water partition coefficient (Wildman–Crippen LogP) is 1.57. The van der Waals surface area contributed by atoms with E-state index in [1.807, 2.05) is 32.7 Å². The van der Waals surface area contributed by atoms with Crippen LogP contribution in [0.2, 0.25) is 0 Å². The summed E-state index contributed by atoms with van der Waals surface area (Å²) in [4.78, 5) is 11.0. The van der Waals surface area contributed by atoms with Gasteiger partial charge < -0.3 is 14.8 Å². The number of guanidine groups is 1. The molecule has 23 heavy (non-hydrogen) atoms. The van der Waals surface area contributed by atoms with E-state index in [2.05, 4.69) is 48.1 Å². The van der Waals surface area contributed by atoms with Gasteiger partial charge in [0.1, 0.15) is 0 Å². The zero-order valence-corrected chi connectivity index (χ0v) is 14.0. The lowest BCUT2D eigenvalue weighted by molar-refractivity contribution is 0.189. The molecule has 0 aliphatic carbocycles. The number of aromatic nitrogens is 4. The molecular weight excluding hydrogens is 290 g/mol. The highest BCUT2D eigenvalue weighted by Gasteiger charge is 2.28. The van der Waals surface area contributed by atoms with E-state index >= 15 is 0 Å². The van der Waals surface area contributed by atoms with Crippen molar-refractivity contribution in [2.75, 3.05) is 20.1 Å². The number of piperidine rings is 1. The zero-order valence-electron chi connectivity index (χ0n) is 14.0. The Morgan fingerprint density at radius 2 is 2.39 bits per heavy atom. The van der Waals surface area contributed by atoms with Crippen molar-refractivity contribution in [3.05, 3.63) is 36.2 Å². The molecule has 1 saturated heterocycles. The summed E-state index contributed by atoms with van der Waals surface area (Å²) in [5.41, 5.74) is 2.26. The molecule has 3 heterocycles. The average Bonchev–Trinajstić information content (AvgIpc) is 3.21. The fourth-order valence-electron chi connectivity index (χ4n) is 3.16. The number of nitrogens with one attached hydrogen (secondary N) is 2. The molecule has 2 aromatic heterocycles. The molecule has 7 nitrogen and oxygen atoms in total. The number of H-pyrrole nitrogens is 1. The van der Waals surface area contributed by atoms with Crippen LogP contribution in [-0.2, 0) is 6.54 Å². The summed E-state index contributed by atoms with van der Waals surface area (Å²) in [7, 11) is 1.84. The lowest BCUT2D eigenvalue weighted by Crippen LogP contribution is -2.48. The van der Waals surface area contributed by atoms with Crippen molar-refractivity contribution in [2.24, 2.45) is 10.9 Å². The monoisotopic (exact) mass is 315 g/mol. The molecule has 2 N–H and O–H groups in total. The smallest absolute Gasteiger partial charge is 0.193 e. The van der Waals surface area contributed by atoms with Crippen LogP contribution in [0.25, 0.3) is 0 Å². The summed E-state index contributed by atoms with van der Waals surface area (Å²) in [6, 6.07) is 0.431. The van der Waals surface area contributed by atoms with Gasteiger partial charge in [-0.3, -0.25) is 10.1 Å². The first kappa shape index (κ1) is 15.6. The van der Waals surface area contributed by atoms with Gasteiger partial charge >= 0.3 is 0 Å². The van der Waals surface area contributed by atoms with Crippen LogP contribution in [0.4, 0.5) is 0 Å². The lowest BCUT2D eigenvalue weighted by atomic mass is 9.93. The van der Waals surface area contributed by atoms with Gasteiger partial charge in [0.25, 0.3) is 0 Å². The molecule has 0 amide bonds. The highest BCUT2D eigenvalue weighted by Crippen LogP contribution is 2.27. The molecule has 2 atom stereocenters. The van der Waals surface area contributed by atoms with Crippen LogP contribution in [-0.4, -0.2) is 50.7 Å². The van der Waals surface area contributed by atoms with Crippen LogP contribution in [0.5, 0.6) is 0 Å². The van der Waals surface area contributed by atoms with E-state index in [0.717, 1.165) is 37.7 Å². The first-order valence-corrected chi connectivity index (χ1v) is 8.11. The first-order chi connectivity index (χ1) is 11.2. The molecule has 0 saturated carbocycles. The Morgan fingerprint density at radius 3 is 3.04 bits per heavy atom. The molecule has 2 unspecified atom stereocenters. The number of aliphatic imine (C=N–C) groups is 1. The molecule has 0 aromatic carbocycles. The Labute approximate surface area is 136 Å². The number of aromatic amines is 1. The summed E-state index contributed by atoms with van der Waals surface area (Å²) < 4.78 is 2.21. The third-order valence-electron chi connectivity index (χ3n) is 4.71. The molecule has 3 rings (SSSR count). The van der Waals surface area contributed by atoms with Gasteiger partial charge in [0.2, 0.25) is 0 Å². The Hall–Kier alpha value is -2.31. The topological polar surface area (TPSA) is 74.1 Å². The quantitative estimate of drug-likeness (QED) is 0.666. The molecule has 124 valence electrons. The van der Waals surface area contributed by atoms with E-state index in [4.69, 9.17) is 0 Å². The van der Waals surface area contributed by atoms with Gasteiger partial charge in [0.05, 0.1) is 18.6 Å². The first-order valence-electron chi connectivity index (χ1n) is 8.11. The summed E-state index contributed by atoms with van der Waals surface area (Å²) in [5.74, 6) is 1.58. The van der Waals surface area contributed by atoms with Gasteiger partial charge in [0.15, 0.2) is 5.96 Å². The molecule has 1 aliphatic rings. The Balaban J connectivity index is 1.65. The van der Waals surface area contributed by atoms with Crippen LogP contribution in [0, 0.1) is 12.8 Å². The normalized spacial score (nSPS) is 22.4. The van der Waals surface area contributed by atoms with Gasteiger partial charge in [-0.25, -0.2) is 4.98 Å². The van der Waals surface area contributed by atoms with E-state index in [0.29, 0.717) is 12.0 Å². The SMILES string of the molecule is CN=C(NCc1cn[nH]c1C)N1CCC(C)C(n2ccnc2)C1. The molecule has 0 bridgehead atoms. The van der Waals surface area contributed by atoms with E-state index in [1.54, 1.807) is 0 Å². The third kappa shape index (κ3) is 3.38. The molecular formula is C16H25N7. The Kier molecular flexibility index (Phi) is 4.64. The van der Waals surface area contributed by atoms with Crippen molar-refractivity contribution < 1.29 is 0 Å². The summed E-state index contributed by atoms with van der Waals surface area (Å²) in [6.45, 7) is 7.05. The van der Waals surface area contributed by atoms with Gasteiger partial charge in [-0.2, -0.15) is 5.10 Å². The van der Waals surface area contributed by atoms with Crippen LogP contribution in [0.15, 0.2) is 29.9 Å². The minimum atomic E-state index is 0.431. The predicted molar refractivity (Wildman–Crippen MR) is 90.1 cm³/mol. The molecule has 1 fully saturated rings. The number of hydrogen-bond acceptors (Lipinski definition) is 3. The lowest BCUT2D eigenvalue weighted by Gasteiger charge is -2.39. The van der Waals surface area contributed by atoms with Crippen molar-refractivity contribution >= 4 is 5.96 Å². The van der Waals surface area contributed by atoms with E-state index in [1.165, 1.54) is 5.56 Å². The van der Waals surface area contributed by atoms with E-state index in [-0.39, 0.29) is 0 Å². The Bertz CT molecular complexity index is 643. The minimum absolute atomic E-state index is 0.431. The van der Waals surface area contributed by atoms with Crippen molar-refractivity contribution in [1.29, 1.82) is 0 Å². The van der Waals surface area contributed by atoms with Crippen LogP contribution < -0.4 is 5.32 Å². The van der Waals surface area contributed by atoms with Gasteiger partial charge in [-0.15, -0.1) is 0 Å². The van der Waals surface area contributed by atoms with E-state index in [9.17, 15) is 0 Å². The second-order valence-corrected chi connectivity index (χ2v) is 6.21. The zero-order chi connectivity index (χ0) is 16.2. The number of nitrogens with zero attached hydrogens (tertiary/aromatic N) is 5. The Morgan fingerprint density at radius 1 is 1.52 bits per heavy atom. The van der Waals surface area contributed by atoms with Crippen molar-refractivity contribution in [2.45, 2.75) is 32.9 Å². The summed E-state index contributed by atoms with van der Waals surface area (Å²) in [6.07, 6.45) is 8.82. The second-order valence-electron chi connectivity index (χ2n) is 6.21. The highest BCUT2D eigenvalue weighted by atomic mass is 15.3.